The van der Waals surface area contributed by atoms with Crippen molar-refractivity contribution < 1.29 is 63.1 Å². The molecule has 0 N–H and O–H groups in total. The molecule has 4 bridgehead atoms. The number of carbonyl (C=O) groups excluding carboxylic acids is 2. The van der Waals surface area contributed by atoms with Gasteiger partial charge in [0.25, 0.3) is 0 Å². The second-order valence-electron chi connectivity index (χ2n) is 13.6. The van der Waals surface area contributed by atoms with Crippen molar-refractivity contribution in [3.63, 3.8) is 0 Å². The summed E-state index contributed by atoms with van der Waals surface area (Å²) in [7, 11) is -6.70. The van der Waals surface area contributed by atoms with Crippen LogP contribution in [-0.4, -0.2) is 61.0 Å². The van der Waals surface area contributed by atoms with Gasteiger partial charge >= 0.3 is 29.2 Å². The Morgan fingerprint density at radius 2 is 1.23 bits per heavy atom. The van der Waals surface area contributed by atoms with Gasteiger partial charge in [-0.25, -0.2) is 13.2 Å². The van der Waals surface area contributed by atoms with Gasteiger partial charge in [0.2, 0.25) is 0 Å². The molecule has 8 nitrogen and oxygen atoms in total. The molecule has 0 spiro atoms. The lowest BCUT2D eigenvalue weighted by molar-refractivity contribution is -0.323. The Balaban J connectivity index is 0.000000239. The monoisotopic (exact) mass is 788 g/mol. The zero-order valence-electron chi connectivity index (χ0n) is 28.5. The number of esters is 2. The summed E-state index contributed by atoms with van der Waals surface area (Å²) in [4.78, 5) is 28.5. The fourth-order valence-corrected chi connectivity index (χ4v) is 10.5. The van der Waals surface area contributed by atoms with Gasteiger partial charge in [0, 0.05) is 0 Å². The fraction of sp³-hybridized carbons (Fsp3) is 0.459. The van der Waals surface area contributed by atoms with Crippen molar-refractivity contribution in [1.82, 2.24) is 0 Å². The first-order valence-corrected chi connectivity index (χ1v) is 19.5. The van der Waals surface area contributed by atoms with Gasteiger partial charge in [-0.3, -0.25) is 4.79 Å². The van der Waals surface area contributed by atoms with Crippen LogP contribution in [0, 0.1) is 17.3 Å². The molecule has 53 heavy (non-hydrogen) atoms. The highest BCUT2D eigenvalue weighted by atomic mass is 32.2. The average molecular weight is 789 g/mol. The quantitative estimate of drug-likeness (QED) is 0.0741. The highest BCUT2D eigenvalue weighted by Crippen LogP contribution is 2.64. The van der Waals surface area contributed by atoms with Crippen LogP contribution in [0.1, 0.15) is 51.9 Å². The molecule has 4 fully saturated rings. The van der Waals surface area contributed by atoms with Crippen molar-refractivity contribution in [3.05, 3.63) is 91.0 Å². The lowest BCUT2D eigenvalue weighted by atomic mass is 9.48. The number of hydrogen-bond acceptors (Lipinski definition) is 8. The summed E-state index contributed by atoms with van der Waals surface area (Å²) in [6, 6.07) is 32.2. The number of halogens is 6. The van der Waals surface area contributed by atoms with E-state index < -0.39 is 63.4 Å². The summed E-state index contributed by atoms with van der Waals surface area (Å²) in [6.07, 6.45) is -5.36. The Bertz CT molecular complexity index is 1720. The normalized spacial score (nSPS) is 23.9. The Morgan fingerprint density at radius 1 is 0.774 bits per heavy atom. The summed E-state index contributed by atoms with van der Waals surface area (Å²) >= 11 is 0. The lowest BCUT2D eigenvalue weighted by Crippen LogP contribution is -2.61. The van der Waals surface area contributed by atoms with E-state index >= 15 is 0 Å². The maximum atomic E-state index is 14.3. The second-order valence-corrected chi connectivity index (χ2v) is 17.0. The number of rotatable bonds is 13. The summed E-state index contributed by atoms with van der Waals surface area (Å²) in [5.41, 5.74) is -3.00. The molecule has 0 aliphatic heterocycles. The number of benzene rings is 3. The largest absolute Gasteiger partial charge is 0.743 e. The zero-order chi connectivity index (χ0) is 38.7. The summed E-state index contributed by atoms with van der Waals surface area (Å²) in [5.74, 6) is -8.82. The summed E-state index contributed by atoms with van der Waals surface area (Å²) in [5, 5.41) is -5.91. The van der Waals surface area contributed by atoms with Crippen molar-refractivity contribution in [1.29, 1.82) is 0 Å². The van der Waals surface area contributed by atoms with Crippen LogP contribution >= 0.6 is 0 Å². The lowest BCUT2D eigenvalue weighted by Gasteiger charge is -2.60. The van der Waals surface area contributed by atoms with Crippen molar-refractivity contribution in [2.45, 2.75) is 89.4 Å². The van der Waals surface area contributed by atoms with Crippen LogP contribution < -0.4 is 0 Å². The second kappa shape index (κ2) is 15.6. The Kier molecular flexibility index (Phi) is 12.0. The highest BCUT2D eigenvalue weighted by Gasteiger charge is 2.65. The first-order chi connectivity index (χ1) is 24.8. The molecule has 0 aromatic heterocycles. The van der Waals surface area contributed by atoms with Gasteiger partial charge in [-0.2, -0.15) is 26.3 Å². The van der Waals surface area contributed by atoms with Gasteiger partial charge in [-0.1, -0.05) is 54.6 Å². The molecule has 0 heterocycles. The van der Waals surface area contributed by atoms with E-state index in [9.17, 15) is 48.9 Å². The first-order valence-electron chi connectivity index (χ1n) is 16.9. The third-order valence-electron chi connectivity index (χ3n) is 9.62. The first kappa shape index (κ1) is 40.6. The van der Waals surface area contributed by atoms with E-state index in [4.69, 9.17) is 9.47 Å². The average Bonchev–Trinajstić information content (AvgIpc) is 3.08. The van der Waals surface area contributed by atoms with Gasteiger partial charge in [0.1, 0.15) is 0 Å². The van der Waals surface area contributed by atoms with E-state index in [0.29, 0.717) is 6.42 Å². The molecule has 3 aromatic carbocycles. The molecule has 4 aliphatic rings. The molecule has 0 radical (unpaired) electrons. The molecule has 3 aromatic rings. The third kappa shape index (κ3) is 8.87. The van der Waals surface area contributed by atoms with Crippen LogP contribution in [0.5, 0.6) is 0 Å². The minimum atomic E-state index is -6.68. The smallest absolute Gasteiger partial charge is 0.456 e. The van der Waals surface area contributed by atoms with Crippen LogP contribution in [0.4, 0.5) is 26.3 Å². The molecular formula is C37H38F6O8S2. The fourth-order valence-electron chi connectivity index (χ4n) is 7.90. The molecule has 4 aliphatic carbocycles. The molecule has 0 amide bonds. The van der Waals surface area contributed by atoms with Gasteiger partial charge in [-0.15, -0.1) is 0 Å². The van der Waals surface area contributed by atoms with Gasteiger partial charge in [0.15, 0.2) is 24.8 Å². The van der Waals surface area contributed by atoms with Gasteiger partial charge in [-0.05, 0) is 93.7 Å². The number of alkyl halides is 6. The standard InChI is InChI=1S/C19H24F6O8S.C18H15S/c1-2-31-14(27)18(22,23)33-16-8-11-5-12(9-16)7-15(6-11,10-16)13(26)32-4-3-17(20,21)19(24,25)34(28,29)30;1-4-10-16(11-5-1)19(17-12-6-2-7-13-17)18-14-8-3-9-15-18/h11-12H,2-10H2,1H3,(H,28,29,30);1-15H/q;+1/p-1. The molecule has 2 atom stereocenters. The van der Waals surface area contributed by atoms with E-state index in [0.717, 1.165) is 0 Å². The molecule has 7 rings (SSSR count). The minimum Gasteiger partial charge on any atom is -0.743 e. The van der Waals surface area contributed by atoms with E-state index in [1.54, 1.807) is 0 Å². The van der Waals surface area contributed by atoms with Gasteiger partial charge < -0.3 is 18.8 Å². The predicted molar refractivity (Wildman–Crippen MR) is 179 cm³/mol. The Labute approximate surface area is 306 Å². The number of hydrogen-bond donors (Lipinski definition) is 0. The van der Waals surface area contributed by atoms with Gasteiger partial charge in [0.05, 0.1) is 41.5 Å². The maximum absolute atomic E-state index is 14.3. The Hall–Kier alpha value is -3.60. The van der Waals surface area contributed by atoms with Crippen LogP contribution in [0.15, 0.2) is 106 Å². The van der Waals surface area contributed by atoms with Crippen molar-refractivity contribution in [3.8, 4) is 0 Å². The van der Waals surface area contributed by atoms with Crippen molar-refractivity contribution in [2.75, 3.05) is 13.2 Å². The maximum Gasteiger partial charge on any atom is 0.456 e. The van der Waals surface area contributed by atoms with Crippen molar-refractivity contribution >= 4 is 33.0 Å². The van der Waals surface area contributed by atoms with E-state index in [1.807, 2.05) is 0 Å². The number of ether oxygens (including phenoxy) is 3. The molecule has 0 saturated heterocycles. The summed E-state index contributed by atoms with van der Waals surface area (Å²) < 4.78 is 128. The van der Waals surface area contributed by atoms with Crippen molar-refractivity contribution in [2.24, 2.45) is 17.3 Å². The van der Waals surface area contributed by atoms with Crippen LogP contribution in [0.3, 0.4) is 0 Å². The molecule has 2 unspecified atom stereocenters. The topological polar surface area (TPSA) is 119 Å². The minimum absolute atomic E-state index is 0.0146. The molecule has 288 valence electrons. The molecule has 4 saturated carbocycles. The zero-order valence-corrected chi connectivity index (χ0v) is 30.2. The van der Waals surface area contributed by atoms with Crippen LogP contribution in [0.25, 0.3) is 0 Å². The SMILES string of the molecule is CCOC(=O)C(F)(F)OC12CC3CC(C1)CC(C(=O)OCCC(F)(F)C(F)(F)S(=O)(=O)[O-])(C3)C2.c1ccc([S+](c2ccccc2)c2ccccc2)cc1. The van der Waals surface area contributed by atoms with Crippen LogP contribution in [-0.2, 0) is 44.8 Å². The summed E-state index contributed by atoms with van der Waals surface area (Å²) in [6.45, 7) is -0.319. The van der Waals surface area contributed by atoms with E-state index in [1.165, 1.54) is 21.6 Å². The van der Waals surface area contributed by atoms with E-state index in [2.05, 4.69) is 95.7 Å². The third-order valence-corrected chi connectivity index (χ3v) is 12.8. The van der Waals surface area contributed by atoms with E-state index in [-0.39, 0.29) is 61.4 Å². The number of carbonyl (C=O) groups is 2. The Morgan fingerprint density at radius 3 is 1.64 bits per heavy atom. The highest BCUT2D eigenvalue weighted by molar-refractivity contribution is 7.97. The van der Waals surface area contributed by atoms with Crippen LogP contribution in [0.2, 0.25) is 0 Å². The molecular weight excluding hydrogens is 751 g/mol. The molecule has 16 heteroatoms. The predicted octanol–water partition coefficient (Wildman–Crippen LogP) is 7.99.